The Morgan fingerprint density at radius 1 is 1.31 bits per heavy atom. The first kappa shape index (κ1) is 17.5. The van der Waals surface area contributed by atoms with Gasteiger partial charge in [0, 0.05) is 18.7 Å². The highest BCUT2D eigenvalue weighted by Crippen LogP contribution is 2.35. The number of hydrogen-bond acceptors (Lipinski definition) is 6. The van der Waals surface area contributed by atoms with Gasteiger partial charge < -0.3 is 18.7 Å². The number of aromatic nitrogens is 4. The van der Waals surface area contributed by atoms with Gasteiger partial charge in [-0.3, -0.25) is 4.79 Å². The van der Waals surface area contributed by atoms with Gasteiger partial charge in [-0.2, -0.15) is 0 Å². The molecule has 0 bridgehead atoms. The molecule has 0 aliphatic carbocycles. The number of benzene rings is 1. The average Bonchev–Trinajstić information content (AvgIpc) is 3.44. The molecular formula is C19H15F2N5O3. The Morgan fingerprint density at radius 2 is 2.17 bits per heavy atom. The molecule has 3 aromatic heterocycles. The van der Waals surface area contributed by atoms with Crippen molar-refractivity contribution in [3.8, 4) is 0 Å². The van der Waals surface area contributed by atoms with Crippen molar-refractivity contribution in [3.63, 3.8) is 0 Å². The number of fused-ring (bicyclic) bond motifs is 2. The van der Waals surface area contributed by atoms with Crippen molar-refractivity contribution in [3.05, 3.63) is 65.7 Å². The second kappa shape index (κ2) is 6.80. The molecule has 29 heavy (non-hydrogen) atoms. The Balaban J connectivity index is 1.58. The highest BCUT2D eigenvalue weighted by molar-refractivity contribution is 5.93. The minimum Gasteiger partial charge on any atom is -0.438 e. The van der Waals surface area contributed by atoms with Crippen molar-refractivity contribution in [2.24, 2.45) is 0 Å². The zero-order valence-corrected chi connectivity index (χ0v) is 15.0. The van der Waals surface area contributed by atoms with E-state index in [1.54, 1.807) is 18.5 Å². The van der Waals surface area contributed by atoms with Gasteiger partial charge in [-0.25, -0.2) is 23.7 Å². The maximum atomic E-state index is 13.2. The van der Waals surface area contributed by atoms with Gasteiger partial charge in [-0.05, 0) is 12.1 Å². The van der Waals surface area contributed by atoms with Gasteiger partial charge >= 0.3 is 0 Å². The third kappa shape index (κ3) is 2.96. The van der Waals surface area contributed by atoms with E-state index < -0.39 is 24.8 Å². The van der Waals surface area contributed by atoms with Crippen LogP contribution >= 0.6 is 0 Å². The predicted octanol–water partition coefficient (Wildman–Crippen LogP) is 3.13. The highest BCUT2D eigenvalue weighted by Gasteiger charge is 2.39. The maximum absolute atomic E-state index is 13.2. The molecule has 1 aliphatic heterocycles. The van der Waals surface area contributed by atoms with Crippen LogP contribution in [0.3, 0.4) is 0 Å². The number of rotatable bonds is 4. The van der Waals surface area contributed by atoms with Crippen LogP contribution < -0.4 is 0 Å². The Hall–Kier alpha value is -3.56. The summed E-state index contributed by atoms with van der Waals surface area (Å²) in [5, 5.41) is 0. The summed E-state index contributed by atoms with van der Waals surface area (Å²) in [6, 6.07) is 6.54. The number of halogens is 2. The molecule has 1 amide bonds. The van der Waals surface area contributed by atoms with E-state index in [1.807, 2.05) is 12.1 Å². The van der Waals surface area contributed by atoms with Crippen molar-refractivity contribution in [2.45, 2.75) is 25.3 Å². The molecule has 0 spiro atoms. The number of imidazole rings is 1. The second-order valence-corrected chi connectivity index (χ2v) is 6.66. The number of carbonyl (C=O) groups excluding carboxylic acids is 1. The smallest absolute Gasteiger partial charge is 0.292 e. The van der Waals surface area contributed by atoms with Crippen LogP contribution in [0, 0.1) is 0 Å². The number of nitrogens with one attached hydrogen (secondary N) is 1. The van der Waals surface area contributed by atoms with E-state index >= 15 is 0 Å². The normalized spacial score (nSPS) is 16.5. The molecule has 148 valence electrons. The van der Waals surface area contributed by atoms with Crippen LogP contribution in [-0.4, -0.2) is 43.7 Å². The van der Waals surface area contributed by atoms with E-state index in [-0.39, 0.29) is 11.5 Å². The third-order valence-corrected chi connectivity index (χ3v) is 4.91. The fourth-order valence-corrected chi connectivity index (χ4v) is 3.62. The van der Waals surface area contributed by atoms with Gasteiger partial charge in [0.2, 0.25) is 18.1 Å². The number of carbonyl (C=O) groups is 1. The molecule has 0 radical (unpaired) electrons. The molecule has 0 saturated heterocycles. The van der Waals surface area contributed by atoms with Crippen LogP contribution in [0.2, 0.25) is 0 Å². The van der Waals surface area contributed by atoms with Crippen LogP contribution in [0.15, 0.2) is 45.8 Å². The molecule has 1 aromatic carbocycles. The first-order valence-corrected chi connectivity index (χ1v) is 9.01. The molecule has 4 heterocycles. The fraction of sp³-hybridized carbons (Fsp3) is 0.263. The summed E-state index contributed by atoms with van der Waals surface area (Å²) in [5.74, 6) is -0.466. The van der Waals surface area contributed by atoms with Crippen molar-refractivity contribution in [2.75, 3.05) is 6.54 Å². The number of nitrogens with zero attached hydrogens (tertiary/aromatic N) is 4. The molecule has 0 unspecified atom stereocenters. The van der Waals surface area contributed by atoms with Gasteiger partial charge in [0.25, 0.3) is 5.91 Å². The summed E-state index contributed by atoms with van der Waals surface area (Å²) >= 11 is 0. The first-order chi connectivity index (χ1) is 14.1. The van der Waals surface area contributed by atoms with Gasteiger partial charge in [-0.15, -0.1) is 0 Å². The van der Waals surface area contributed by atoms with Crippen LogP contribution in [0.4, 0.5) is 8.78 Å². The van der Waals surface area contributed by atoms with E-state index in [2.05, 4.69) is 19.9 Å². The third-order valence-electron chi connectivity index (χ3n) is 4.91. The number of hydrogen-bond donors (Lipinski definition) is 1. The molecule has 0 fully saturated rings. The number of alkyl halides is 2. The van der Waals surface area contributed by atoms with Gasteiger partial charge in [0.15, 0.2) is 18.0 Å². The predicted molar refractivity (Wildman–Crippen MR) is 95.4 cm³/mol. The number of oxazole rings is 2. The quantitative estimate of drug-likeness (QED) is 0.566. The largest absolute Gasteiger partial charge is 0.438 e. The van der Waals surface area contributed by atoms with E-state index in [0.717, 1.165) is 12.1 Å². The van der Waals surface area contributed by atoms with Gasteiger partial charge in [-0.1, -0.05) is 12.1 Å². The number of para-hydroxylation sites is 2. The Bertz CT molecular complexity index is 1150. The lowest BCUT2D eigenvalue weighted by atomic mass is 10.0. The standard InChI is InChI=1S/C19H15F2N5O3/c20-14(21)7-12-17(28-9-24-12)19(27)26-6-5-11-15(23-8-22-11)16(26)18-25-10-3-1-2-4-13(10)29-18/h1-4,8-9,14,16H,5-7H2,(H,22,23)/t16-/m0/s1. The van der Waals surface area contributed by atoms with Crippen LogP contribution in [0.5, 0.6) is 0 Å². The zero-order chi connectivity index (χ0) is 20.0. The van der Waals surface area contributed by atoms with Crippen molar-refractivity contribution >= 4 is 17.0 Å². The van der Waals surface area contributed by atoms with E-state index in [1.165, 1.54) is 4.90 Å². The Labute approximate surface area is 162 Å². The van der Waals surface area contributed by atoms with Crippen LogP contribution in [-0.2, 0) is 12.8 Å². The van der Waals surface area contributed by atoms with Crippen molar-refractivity contribution in [1.29, 1.82) is 0 Å². The zero-order valence-electron chi connectivity index (χ0n) is 15.0. The molecule has 1 N–H and O–H groups in total. The molecule has 10 heteroatoms. The van der Waals surface area contributed by atoms with E-state index in [0.29, 0.717) is 35.6 Å². The van der Waals surface area contributed by atoms with Gasteiger partial charge in [0.05, 0.1) is 24.1 Å². The monoisotopic (exact) mass is 399 g/mol. The van der Waals surface area contributed by atoms with E-state index in [4.69, 9.17) is 8.83 Å². The summed E-state index contributed by atoms with van der Waals surface area (Å²) in [6.45, 7) is 0.312. The summed E-state index contributed by atoms with van der Waals surface area (Å²) < 4.78 is 36.8. The number of aromatic amines is 1. The molecular weight excluding hydrogens is 384 g/mol. The van der Waals surface area contributed by atoms with Crippen molar-refractivity contribution in [1.82, 2.24) is 24.8 Å². The topological polar surface area (TPSA) is 101 Å². The van der Waals surface area contributed by atoms with Gasteiger partial charge in [0.1, 0.15) is 5.52 Å². The Kier molecular flexibility index (Phi) is 4.11. The molecule has 1 atom stereocenters. The molecule has 5 rings (SSSR count). The molecule has 4 aromatic rings. The Morgan fingerprint density at radius 3 is 3.00 bits per heavy atom. The lowest BCUT2D eigenvalue weighted by molar-refractivity contribution is 0.0631. The van der Waals surface area contributed by atoms with Crippen LogP contribution in [0.1, 0.15) is 39.6 Å². The summed E-state index contributed by atoms with van der Waals surface area (Å²) in [4.78, 5) is 30.4. The fourth-order valence-electron chi connectivity index (χ4n) is 3.62. The molecule has 1 aliphatic rings. The molecule has 8 nitrogen and oxygen atoms in total. The average molecular weight is 399 g/mol. The molecule has 0 saturated carbocycles. The maximum Gasteiger partial charge on any atom is 0.292 e. The lowest BCUT2D eigenvalue weighted by Gasteiger charge is -2.32. The SMILES string of the molecule is O=C(c1ocnc1CC(F)F)N1CCc2[nH]cnc2[C@H]1c1nc2ccccc2o1. The minimum atomic E-state index is -2.64. The van der Waals surface area contributed by atoms with E-state index in [9.17, 15) is 13.6 Å². The first-order valence-electron chi connectivity index (χ1n) is 9.01. The van der Waals surface area contributed by atoms with Crippen molar-refractivity contribution < 1.29 is 22.4 Å². The summed E-state index contributed by atoms with van der Waals surface area (Å²) in [7, 11) is 0. The highest BCUT2D eigenvalue weighted by atomic mass is 19.3. The summed E-state index contributed by atoms with van der Waals surface area (Å²) in [5.41, 5.74) is 2.62. The van der Waals surface area contributed by atoms with Crippen LogP contribution in [0.25, 0.3) is 11.1 Å². The summed E-state index contributed by atoms with van der Waals surface area (Å²) in [6.07, 6.45) is -0.226. The lowest BCUT2D eigenvalue weighted by Crippen LogP contribution is -2.41. The number of amides is 1. The minimum absolute atomic E-state index is 0.0749. The number of H-pyrrole nitrogens is 1. The second-order valence-electron chi connectivity index (χ2n) is 6.66.